The Balaban J connectivity index is 2.36. The van der Waals surface area contributed by atoms with Crippen LogP contribution >= 0.6 is 11.6 Å². The Kier molecular flexibility index (Phi) is 4.21. The van der Waals surface area contributed by atoms with E-state index in [4.69, 9.17) is 16.7 Å². The Morgan fingerprint density at radius 1 is 1.33 bits per heavy atom. The fraction of sp³-hybridized carbons (Fsp3) is 0. The van der Waals surface area contributed by atoms with Gasteiger partial charge in [-0.2, -0.15) is 4.39 Å². The van der Waals surface area contributed by atoms with Crippen LogP contribution in [-0.4, -0.2) is 19.3 Å². The molecule has 0 radical (unpaired) electrons. The van der Waals surface area contributed by atoms with Crippen LogP contribution in [0.1, 0.15) is 10.4 Å². The molecule has 1 amide bonds. The van der Waals surface area contributed by atoms with Crippen LogP contribution in [0.2, 0.25) is 5.02 Å². The second kappa shape index (κ2) is 5.76. The van der Waals surface area contributed by atoms with Crippen LogP contribution in [0.3, 0.4) is 0 Å². The number of halogens is 2. The number of sulfonamides is 1. The molecule has 1 heterocycles. The molecular formula is C12H9ClFN3O3S. The molecule has 0 saturated carbocycles. The zero-order valence-electron chi connectivity index (χ0n) is 10.4. The maximum absolute atomic E-state index is 13.4. The van der Waals surface area contributed by atoms with Crippen molar-refractivity contribution in [1.82, 2.24) is 4.98 Å². The largest absolute Gasteiger partial charge is 0.320 e. The van der Waals surface area contributed by atoms with Gasteiger partial charge in [-0.25, -0.2) is 18.5 Å². The molecule has 9 heteroatoms. The van der Waals surface area contributed by atoms with Gasteiger partial charge in [-0.15, -0.1) is 0 Å². The third-order valence-corrected chi connectivity index (χ3v) is 3.76. The summed E-state index contributed by atoms with van der Waals surface area (Å²) < 4.78 is 35.9. The normalized spacial score (nSPS) is 11.2. The van der Waals surface area contributed by atoms with E-state index in [0.29, 0.717) is 0 Å². The van der Waals surface area contributed by atoms with E-state index in [-0.39, 0.29) is 21.2 Å². The van der Waals surface area contributed by atoms with Crippen molar-refractivity contribution in [1.29, 1.82) is 0 Å². The van der Waals surface area contributed by atoms with Gasteiger partial charge in [-0.1, -0.05) is 11.6 Å². The number of amides is 1. The predicted molar refractivity (Wildman–Crippen MR) is 75.0 cm³/mol. The summed E-state index contributed by atoms with van der Waals surface area (Å²) in [6.07, 6.45) is 1.20. The molecule has 6 nitrogen and oxygen atoms in total. The van der Waals surface area contributed by atoms with Crippen molar-refractivity contribution in [2.75, 3.05) is 5.32 Å². The van der Waals surface area contributed by atoms with Crippen molar-refractivity contribution in [3.05, 3.63) is 53.1 Å². The van der Waals surface area contributed by atoms with Crippen LogP contribution in [0.4, 0.5) is 10.1 Å². The van der Waals surface area contributed by atoms with Crippen LogP contribution in [0.5, 0.6) is 0 Å². The number of hydrogen-bond donors (Lipinski definition) is 2. The molecule has 2 aromatic rings. The molecule has 0 aliphatic rings. The number of nitrogens with zero attached hydrogens (tertiary/aromatic N) is 1. The molecule has 0 saturated heterocycles. The Hall–Kier alpha value is -2.03. The van der Waals surface area contributed by atoms with Crippen LogP contribution in [-0.2, 0) is 10.0 Å². The molecule has 1 aromatic carbocycles. The van der Waals surface area contributed by atoms with Crippen molar-refractivity contribution in [3.8, 4) is 0 Å². The first-order valence-corrected chi connectivity index (χ1v) is 7.45. The van der Waals surface area contributed by atoms with E-state index in [1.165, 1.54) is 30.5 Å². The van der Waals surface area contributed by atoms with E-state index >= 15 is 0 Å². The Morgan fingerprint density at radius 2 is 2.05 bits per heavy atom. The van der Waals surface area contributed by atoms with Gasteiger partial charge in [0, 0.05) is 6.20 Å². The van der Waals surface area contributed by atoms with Gasteiger partial charge in [-0.05, 0) is 30.3 Å². The smallest absolute Gasteiger partial charge is 0.260 e. The Morgan fingerprint density at radius 3 is 2.67 bits per heavy atom. The highest BCUT2D eigenvalue weighted by atomic mass is 35.5. The lowest BCUT2D eigenvalue weighted by Gasteiger charge is -2.09. The topological polar surface area (TPSA) is 102 Å². The zero-order chi connectivity index (χ0) is 15.6. The number of hydrogen-bond acceptors (Lipinski definition) is 4. The minimum Gasteiger partial charge on any atom is -0.320 e. The monoisotopic (exact) mass is 329 g/mol. The molecule has 0 bridgehead atoms. The molecule has 0 atom stereocenters. The fourth-order valence-electron chi connectivity index (χ4n) is 1.52. The molecule has 0 unspecified atom stereocenters. The number of pyridine rings is 1. The zero-order valence-corrected chi connectivity index (χ0v) is 12.0. The quantitative estimate of drug-likeness (QED) is 0.838. The highest BCUT2D eigenvalue weighted by Crippen LogP contribution is 2.25. The van der Waals surface area contributed by atoms with Gasteiger partial charge >= 0.3 is 0 Å². The number of nitrogens with two attached hydrogens (primary N) is 1. The van der Waals surface area contributed by atoms with Gasteiger partial charge in [0.1, 0.15) is 0 Å². The maximum atomic E-state index is 13.4. The summed E-state index contributed by atoms with van der Waals surface area (Å²) >= 11 is 5.86. The number of nitrogens with one attached hydrogen (secondary N) is 1. The number of aromatic nitrogens is 1. The van der Waals surface area contributed by atoms with Crippen molar-refractivity contribution in [3.63, 3.8) is 0 Å². The molecule has 3 N–H and O–H groups in total. The second-order valence-electron chi connectivity index (χ2n) is 3.98. The van der Waals surface area contributed by atoms with Crippen molar-refractivity contribution in [2.24, 2.45) is 5.14 Å². The average Bonchev–Trinajstić information content (AvgIpc) is 2.40. The molecule has 1 aromatic heterocycles. The van der Waals surface area contributed by atoms with E-state index < -0.39 is 21.9 Å². The Bertz CT molecular complexity index is 811. The summed E-state index contributed by atoms with van der Waals surface area (Å²) in [7, 11) is -3.95. The number of carbonyl (C=O) groups excluding carboxylic acids is 1. The molecule has 21 heavy (non-hydrogen) atoms. The van der Waals surface area contributed by atoms with Gasteiger partial charge in [0.15, 0.2) is 0 Å². The number of anilines is 1. The minimum atomic E-state index is -3.95. The van der Waals surface area contributed by atoms with Gasteiger partial charge in [0.2, 0.25) is 16.0 Å². The van der Waals surface area contributed by atoms with Gasteiger partial charge < -0.3 is 5.32 Å². The average molecular weight is 330 g/mol. The molecule has 0 spiro atoms. The lowest BCUT2D eigenvalue weighted by atomic mass is 10.2. The van der Waals surface area contributed by atoms with E-state index in [9.17, 15) is 17.6 Å². The molecule has 2 rings (SSSR count). The van der Waals surface area contributed by atoms with Gasteiger partial charge in [-0.3, -0.25) is 4.79 Å². The Labute approximate surface area is 124 Å². The summed E-state index contributed by atoms with van der Waals surface area (Å²) in [5.41, 5.74) is -0.300. The van der Waals surface area contributed by atoms with Gasteiger partial charge in [0.05, 0.1) is 21.2 Å². The van der Waals surface area contributed by atoms with Crippen LogP contribution in [0.15, 0.2) is 41.4 Å². The van der Waals surface area contributed by atoms with E-state index in [1.54, 1.807) is 0 Å². The van der Waals surface area contributed by atoms with Crippen molar-refractivity contribution in [2.45, 2.75) is 4.90 Å². The molecule has 0 aliphatic heterocycles. The molecule has 0 aliphatic carbocycles. The first-order chi connectivity index (χ1) is 9.79. The minimum absolute atomic E-state index is 0.00329. The number of benzene rings is 1. The molecular weight excluding hydrogens is 321 g/mol. The predicted octanol–water partition coefficient (Wildman–Crippen LogP) is 1.77. The second-order valence-corrected chi connectivity index (χ2v) is 5.95. The lowest BCUT2D eigenvalue weighted by Crippen LogP contribution is -2.16. The van der Waals surface area contributed by atoms with E-state index in [1.807, 2.05) is 0 Å². The summed E-state index contributed by atoms with van der Waals surface area (Å²) in [4.78, 5) is 15.0. The number of rotatable bonds is 3. The summed E-state index contributed by atoms with van der Waals surface area (Å²) in [5.74, 6) is -1.76. The van der Waals surface area contributed by atoms with Crippen molar-refractivity contribution >= 4 is 33.2 Å². The third kappa shape index (κ3) is 3.54. The first-order valence-electron chi connectivity index (χ1n) is 5.53. The van der Waals surface area contributed by atoms with Crippen LogP contribution in [0, 0.1) is 5.95 Å². The summed E-state index contributed by atoms with van der Waals surface area (Å²) in [6, 6.07) is 6.16. The first kappa shape index (κ1) is 15.4. The van der Waals surface area contributed by atoms with Crippen LogP contribution < -0.4 is 10.5 Å². The number of carbonyl (C=O) groups is 1. The number of primary sulfonamides is 1. The summed E-state index contributed by atoms with van der Waals surface area (Å²) in [6.45, 7) is 0. The van der Waals surface area contributed by atoms with Gasteiger partial charge in [0.25, 0.3) is 5.91 Å². The molecule has 110 valence electrons. The van der Waals surface area contributed by atoms with E-state index in [0.717, 1.165) is 6.07 Å². The SMILES string of the molecule is NS(=O)(=O)c1ccc(Cl)c(NC(=O)c2cccnc2F)c1. The summed E-state index contributed by atoms with van der Waals surface area (Å²) in [5, 5.41) is 7.38. The fourth-order valence-corrected chi connectivity index (χ4v) is 2.23. The van der Waals surface area contributed by atoms with E-state index in [2.05, 4.69) is 10.3 Å². The maximum Gasteiger partial charge on any atom is 0.260 e. The third-order valence-electron chi connectivity index (χ3n) is 2.52. The van der Waals surface area contributed by atoms with Crippen LogP contribution in [0.25, 0.3) is 0 Å². The molecule has 0 fully saturated rings. The standard InChI is InChI=1S/C12H9ClFN3O3S/c13-9-4-3-7(21(15,19)20)6-10(9)17-12(18)8-2-1-5-16-11(8)14/h1-6H,(H,17,18)(H2,15,19,20). The van der Waals surface area contributed by atoms with Crippen molar-refractivity contribution < 1.29 is 17.6 Å². The highest BCUT2D eigenvalue weighted by molar-refractivity contribution is 7.89. The highest BCUT2D eigenvalue weighted by Gasteiger charge is 2.16. The lowest BCUT2D eigenvalue weighted by molar-refractivity contribution is 0.102.